The van der Waals surface area contributed by atoms with Gasteiger partial charge in [-0.05, 0) is 116 Å². The zero-order chi connectivity index (χ0) is 44.4. The van der Waals surface area contributed by atoms with E-state index in [1.807, 2.05) is 6.07 Å². The summed E-state index contributed by atoms with van der Waals surface area (Å²) in [5, 5.41) is 2.22. The van der Waals surface area contributed by atoms with Gasteiger partial charge in [0.15, 0.2) is 0 Å². The normalized spacial score (nSPS) is 14.2. The molecule has 0 radical (unpaired) electrons. The third-order valence-electron chi connectivity index (χ3n) is 15.0. The number of anilines is 3. The minimum Gasteiger partial charge on any atom is -0.457 e. The molecule has 3 heteroatoms. The number of fused-ring (bicyclic) bond motifs is 15. The molecule has 2 heterocycles. The van der Waals surface area contributed by atoms with Crippen LogP contribution in [0, 0.1) is 0 Å². The van der Waals surface area contributed by atoms with E-state index in [2.05, 4.69) is 237 Å². The molecule has 3 nitrogen and oxygen atoms in total. The first-order valence-corrected chi connectivity index (χ1v) is 23.2. The topological polar surface area (TPSA) is 25.6 Å². The van der Waals surface area contributed by atoms with Crippen molar-refractivity contribution < 1.29 is 9.15 Å². The fourth-order valence-electron chi connectivity index (χ4n) is 12.1. The Balaban J connectivity index is 1.08. The maximum absolute atomic E-state index is 6.97. The number of hydrogen-bond acceptors (Lipinski definition) is 3. The van der Waals surface area contributed by atoms with E-state index in [0.29, 0.717) is 0 Å². The van der Waals surface area contributed by atoms with Crippen molar-refractivity contribution in [2.24, 2.45) is 0 Å². The Hall–Kier alpha value is -8.40. The van der Waals surface area contributed by atoms with Crippen molar-refractivity contribution in [2.75, 3.05) is 4.90 Å². The molecule has 0 fully saturated rings. The van der Waals surface area contributed by atoms with E-state index in [-0.39, 0.29) is 5.41 Å². The van der Waals surface area contributed by atoms with Crippen LogP contribution in [0.5, 0.6) is 11.5 Å². The second kappa shape index (κ2) is 14.1. The summed E-state index contributed by atoms with van der Waals surface area (Å²) in [6.07, 6.45) is 0. The second-order valence-electron chi connectivity index (χ2n) is 18.7. The van der Waals surface area contributed by atoms with Gasteiger partial charge in [0.1, 0.15) is 22.7 Å². The van der Waals surface area contributed by atoms with Crippen molar-refractivity contribution >= 4 is 39.0 Å². The Kier molecular flexibility index (Phi) is 7.95. The average Bonchev–Trinajstić information content (AvgIpc) is 3.98. The summed E-state index contributed by atoms with van der Waals surface area (Å²) >= 11 is 0. The van der Waals surface area contributed by atoms with Gasteiger partial charge in [-0.25, -0.2) is 0 Å². The summed E-state index contributed by atoms with van der Waals surface area (Å²) in [5.41, 5.74) is 21.2. The smallest absolute Gasteiger partial charge is 0.136 e. The van der Waals surface area contributed by atoms with Gasteiger partial charge in [-0.2, -0.15) is 0 Å². The summed E-state index contributed by atoms with van der Waals surface area (Å²) in [7, 11) is 0. The maximum Gasteiger partial charge on any atom is 0.136 e. The average molecular weight is 858 g/mol. The van der Waals surface area contributed by atoms with Gasteiger partial charge in [-0.15, -0.1) is 0 Å². The molecule has 0 unspecified atom stereocenters. The number of rotatable bonds is 5. The number of para-hydroxylation sites is 2. The van der Waals surface area contributed by atoms with E-state index in [1.165, 1.54) is 44.5 Å². The SMILES string of the molecule is CC1(C)c2ccccc2-c2ccc(N(c3ccc4c(c3)C3(c5ccccc5O4)c4ccccc4-c4ccccc43)c3cccc(-c4cccc5oc6ccccc6c45)c3-c3ccccc3)cc21. The molecule has 0 amide bonds. The van der Waals surface area contributed by atoms with Crippen LogP contribution in [0.4, 0.5) is 17.1 Å². The predicted molar refractivity (Wildman–Crippen MR) is 274 cm³/mol. The van der Waals surface area contributed by atoms with E-state index in [0.717, 1.165) is 83.9 Å². The summed E-state index contributed by atoms with van der Waals surface area (Å²) < 4.78 is 13.5. The van der Waals surface area contributed by atoms with Crippen molar-refractivity contribution in [3.05, 3.63) is 258 Å². The first-order valence-electron chi connectivity index (χ1n) is 23.2. The molecule has 0 atom stereocenters. The lowest BCUT2D eigenvalue weighted by Crippen LogP contribution is -2.32. The third kappa shape index (κ3) is 5.23. The Bertz CT molecular complexity index is 3790. The van der Waals surface area contributed by atoms with Crippen molar-refractivity contribution in [1.82, 2.24) is 0 Å². The van der Waals surface area contributed by atoms with E-state index in [4.69, 9.17) is 9.15 Å². The molecule has 1 aliphatic heterocycles. The van der Waals surface area contributed by atoms with Crippen LogP contribution in [0.3, 0.4) is 0 Å². The Labute approximate surface area is 389 Å². The zero-order valence-electron chi connectivity index (χ0n) is 37.1. The van der Waals surface area contributed by atoms with Crippen LogP contribution in [0.1, 0.15) is 47.2 Å². The molecule has 14 rings (SSSR count). The first kappa shape index (κ1) is 37.9. The van der Waals surface area contributed by atoms with Crippen LogP contribution < -0.4 is 9.64 Å². The standard InChI is InChI=1S/C64H43NO2/c1-63(2)50-26-10-6-20-43(50)46-36-34-41(38-54(46)63)65(56-30-16-24-47(61(56)40-18-4-3-5-19-40)48-25-17-33-60-62(48)49-23-9-14-31-57(49)66-60)42-35-37-59-55(39-42)64(53-29-13-15-32-58(53)67-59)51-27-11-7-21-44(51)45-22-8-12-28-52(45)64/h3-39H,1-2H3. The Morgan fingerprint density at radius 2 is 0.910 bits per heavy atom. The van der Waals surface area contributed by atoms with Crippen molar-refractivity contribution in [3.63, 3.8) is 0 Å². The van der Waals surface area contributed by atoms with Gasteiger partial charge in [-0.1, -0.05) is 184 Å². The molecule has 0 saturated heterocycles. The molecule has 0 saturated carbocycles. The highest BCUT2D eigenvalue weighted by Crippen LogP contribution is 2.63. The van der Waals surface area contributed by atoms with Gasteiger partial charge in [0.25, 0.3) is 0 Å². The molecular formula is C64H43NO2. The highest BCUT2D eigenvalue weighted by molar-refractivity contribution is 6.14. The fraction of sp³-hybridized carbons (Fsp3) is 0.0625. The quantitative estimate of drug-likeness (QED) is 0.172. The summed E-state index contributed by atoms with van der Waals surface area (Å²) in [5.74, 6) is 1.74. The molecule has 67 heavy (non-hydrogen) atoms. The summed E-state index contributed by atoms with van der Waals surface area (Å²) in [6.45, 7) is 4.73. The van der Waals surface area contributed by atoms with Gasteiger partial charge in [-0.3, -0.25) is 0 Å². The van der Waals surface area contributed by atoms with Gasteiger partial charge in [0, 0.05) is 44.3 Å². The maximum atomic E-state index is 6.97. The molecule has 0 bridgehead atoms. The zero-order valence-corrected chi connectivity index (χ0v) is 37.1. The van der Waals surface area contributed by atoms with Gasteiger partial charge in [0.2, 0.25) is 0 Å². The molecule has 0 N–H and O–H groups in total. The van der Waals surface area contributed by atoms with E-state index in [9.17, 15) is 0 Å². The minimum absolute atomic E-state index is 0.204. The molecule has 11 aromatic rings. The Morgan fingerprint density at radius 1 is 0.373 bits per heavy atom. The largest absolute Gasteiger partial charge is 0.457 e. The van der Waals surface area contributed by atoms with Crippen molar-refractivity contribution in [2.45, 2.75) is 24.7 Å². The summed E-state index contributed by atoms with van der Waals surface area (Å²) in [6, 6.07) is 82.0. The Morgan fingerprint density at radius 3 is 1.69 bits per heavy atom. The molecular weight excluding hydrogens is 815 g/mol. The molecule has 1 aromatic heterocycles. The van der Waals surface area contributed by atoms with Crippen LogP contribution in [-0.2, 0) is 10.8 Å². The van der Waals surface area contributed by atoms with E-state index < -0.39 is 5.41 Å². The molecule has 3 aliphatic rings. The highest BCUT2D eigenvalue weighted by Gasteiger charge is 2.51. The second-order valence-corrected chi connectivity index (χ2v) is 18.7. The highest BCUT2D eigenvalue weighted by atomic mass is 16.5. The molecule has 1 spiro atoms. The summed E-state index contributed by atoms with van der Waals surface area (Å²) in [4.78, 5) is 2.50. The van der Waals surface area contributed by atoms with Gasteiger partial charge >= 0.3 is 0 Å². The molecule has 316 valence electrons. The van der Waals surface area contributed by atoms with E-state index >= 15 is 0 Å². The van der Waals surface area contributed by atoms with Crippen LogP contribution >= 0.6 is 0 Å². The lowest BCUT2D eigenvalue weighted by atomic mass is 9.66. The third-order valence-corrected chi connectivity index (χ3v) is 15.0. The van der Waals surface area contributed by atoms with Crippen LogP contribution in [-0.4, -0.2) is 0 Å². The van der Waals surface area contributed by atoms with Crippen LogP contribution in [0.15, 0.2) is 229 Å². The fourth-order valence-corrected chi connectivity index (χ4v) is 12.1. The monoisotopic (exact) mass is 857 g/mol. The number of ether oxygens (including phenoxy) is 1. The lowest BCUT2D eigenvalue weighted by molar-refractivity contribution is 0.436. The van der Waals surface area contributed by atoms with Gasteiger partial charge < -0.3 is 14.1 Å². The number of nitrogens with zero attached hydrogens (tertiary/aromatic N) is 1. The number of benzene rings is 10. The predicted octanol–water partition coefficient (Wildman–Crippen LogP) is 17.2. The van der Waals surface area contributed by atoms with Crippen LogP contribution in [0.25, 0.3) is 66.4 Å². The number of hydrogen-bond donors (Lipinski definition) is 0. The van der Waals surface area contributed by atoms with E-state index in [1.54, 1.807) is 0 Å². The van der Waals surface area contributed by atoms with Crippen molar-refractivity contribution in [1.29, 1.82) is 0 Å². The van der Waals surface area contributed by atoms with Crippen LogP contribution in [0.2, 0.25) is 0 Å². The number of furan rings is 1. The van der Waals surface area contributed by atoms with Crippen molar-refractivity contribution in [3.8, 4) is 56.0 Å². The molecule has 10 aromatic carbocycles. The minimum atomic E-state index is -0.622. The van der Waals surface area contributed by atoms with Gasteiger partial charge in [0.05, 0.1) is 11.1 Å². The lowest BCUT2D eigenvalue weighted by Gasteiger charge is -2.40. The first-order chi connectivity index (χ1) is 33.0. The molecule has 2 aliphatic carbocycles.